The number of anilines is 3. The number of hydrogen-bond donors (Lipinski definition) is 3. The topological polar surface area (TPSA) is 112 Å². The lowest BCUT2D eigenvalue weighted by atomic mass is 10.1. The summed E-state index contributed by atoms with van der Waals surface area (Å²) in [6, 6.07) is 4.04. The van der Waals surface area contributed by atoms with E-state index in [1.54, 1.807) is 18.5 Å². The Labute approximate surface area is 163 Å². The molecule has 4 rings (SSSR count). The third-order valence-electron chi connectivity index (χ3n) is 5.00. The summed E-state index contributed by atoms with van der Waals surface area (Å²) < 4.78 is 2.17. The average molecular weight is 383 g/mol. The average Bonchev–Trinajstić information content (AvgIpc) is 2.99. The number of piperidine rings is 1. The van der Waals surface area contributed by atoms with Crippen LogP contribution >= 0.6 is 0 Å². The lowest BCUT2D eigenvalue weighted by molar-refractivity contribution is 0.00769. The van der Waals surface area contributed by atoms with Crippen molar-refractivity contribution >= 4 is 28.6 Å². The van der Waals surface area contributed by atoms with Crippen molar-refractivity contribution in [1.29, 1.82) is 0 Å². The van der Waals surface area contributed by atoms with E-state index in [-0.39, 0.29) is 0 Å². The molecule has 1 aliphatic heterocycles. The van der Waals surface area contributed by atoms with Crippen LogP contribution in [0, 0.1) is 6.92 Å². The van der Waals surface area contributed by atoms with Crippen LogP contribution in [0.25, 0.3) is 11.0 Å². The zero-order valence-corrected chi connectivity index (χ0v) is 16.2. The van der Waals surface area contributed by atoms with Gasteiger partial charge < -0.3 is 25.0 Å². The van der Waals surface area contributed by atoms with Gasteiger partial charge in [0.1, 0.15) is 23.0 Å². The highest BCUT2D eigenvalue weighted by molar-refractivity contribution is 5.79. The van der Waals surface area contributed by atoms with Crippen LogP contribution in [0.1, 0.15) is 32.1 Å². The zero-order chi connectivity index (χ0) is 19.8. The van der Waals surface area contributed by atoms with Crippen LogP contribution in [0.15, 0.2) is 24.5 Å². The molecular formula is C19H25N7O2. The molecule has 1 fully saturated rings. The summed E-state index contributed by atoms with van der Waals surface area (Å²) in [6.45, 7) is 7.15. The molecule has 9 heteroatoms. The van der Waals surface area contributed by atoms with E-state index in [9.17, 15) is 10.2 Å². The van der Waals surface area contributed by atoms with Gasteiger partial charge in [0.25, 0.3) is 0 Å². The normalized spacial score (nSPS) is 20.1. The number of pyridine rings is 1. The van der Waals surface area contributed by atoms with Crippen LogP contribution in [0.2, 0.25) is 0 Å². The van der Waals surface area contributed by atoms with Crippen molar-refractivity contribution in [2.75, 3.05) is 23.3 Å². The van der Waals surface area contributed by atoms with Crippen molar-refractivity contribution < 1.29 is 10.2 Å². The number of fused-ring (bicyclic) bond motifs is 1. The number of aryl methyl sites for hydroxylation is 1. The molecule has 0 saturated carbocycles. The number of aliphatic hydroxyl groups excluding tert-OH is 2. The molecule has 0 aromatic carbocycles. The van der Waals surface area contributed by atoms with Gasteiger partial charge in [-0.25, -0.2) is 15.0 Å². The van der Waals surface area contributed by atoms with Gasteiger partial charge >= 0.3 is 0 Å². The lowest BCUT2D eigenvalue weighted by Crippen LogP contribution is -2.47. The fraction of sp³-hybridized carbons (Fsp3) is 0.474. The van der Waals surface area contributed by atoms with Crippen LogP contribution in [0.3, 0.4) is 0 Å². The van der Waals surface area contributed by atoms with Gasteiger partial charge in [0, 0.05) is 31.4 Å². The lowest BCUT2D eigenvalue weighted by Gasteiger charge is -2.33. The van der Waals surface area contributed by atoms with E-state index in [1.165, 1.54) is 0 Å². The van der Waals surface area contributed by atoms with E-state index >= 15 is 0 Å². The molecule has 0 spiro atoms. The maximum atomic E-state index is 9.91. The molecule has 3 aromatic heterocycles. The molecule has 1 aliphatic rings. The first-order chi connectivity index (χ1) is 13.4. The predicted octanol–water partition coefficient (Wildman–Crippen LogP) is 1.79. The minimum Gasteiger partial charge on any atom is -0.390 e. The summed E-state index contributed by atoms with van der Waals surface area (Å²) in [5, 5.41) is 22.8. The van der Waals surface area contributed by atoms with E-state index in [4.69, 9.17) is 0 Å². The van der Waals surface area contributed by atoms with Gasteiger partial charge in [0.15, 0.2) is 0 Å². The van der Waals surface area contributed by atoms with Gasteiger partial charge in [-0.2, -0.15) is 4.98 Å². The van der Waals surface area contributed by atoms with E-state index < -0.39 is 12.2 Å². The van der Waals surface area contributed by atoms with Gasteiger partial charge in [-0.15, -0.1) is 0 Å². The number of aliphatic hydroxyl groups is 2. The molecule has 1 saturated heterocycles. The smallest absolute Gasteiger partial charge is 0.227 e. The number of aromatic nitrogens is 5. The standard InChI is InChI=1S/C19H25N7O2/c1-11(2)26-12(3)22-13-9-21-18(8-14(13)26)23-17-4-6-20-19(24-17)25-7-5-15(27)16(28)10-25/h4,6,8-9,11,15-16,27-28H,5,7,10H2,1-3H3,(H,20,21,23,24). The first kappa shape index (κ1) is 18.6. The molecule has 3 N–H and O–H groups in total. The highest BCUT2D eigenvalue weighted by Crippen LogP contribution is 2.24. The van der Waals surface area contributed by atoms with Crippen molar-refractivity contribution in [2.24, 2.45) is 0 Å². The SMILES string of the molecule is Cc1nc2cnc(Nc3ccnc(N4CCC(O)C(O)C4)n3)cc2n1C(C)C. The van der Waals surface area contributed by atoms with Gasteiger partial charge in [-0.3, -0.25) is 0 Å². The fourth-order valence-corrected chi connectivity index (χ4v) is 3.64. The molecular weight excluding hydrogens is 358 g/mol. The number of rotatable bonds is 4. The van der Waals surface area contributed by atoms with Gasteiger partial charge in [0.2, 0.25) is 5.95 Å². The molecule has 3 aromatic rings. The van der Waals surface area contributed by atoms with Crippen molar-refractivity contribution in [3.8, 4) is 0 Å². The monoisotopic (exact) mass is 383 g/mol. The molecule has 9 nitrogen and oxygen atoms in total. The Kier molecular flexibility index (Phi) is 4.86. The molecule has 28 heavy (non-hydrogen) atoms. The molecule has 0 amide bonds. The first-order valence-electron chi connectivity index (χ1n) is 9.48. The third kappa shape index (κ3) is 3.50. The molecule has 0 aliphatic carbocycles. The van der Waals surface area contributed by atoms with Gasteiger partial charge in [-0.1, -0.05) is 0 Å². The summed E-state index contributed by atoms with van der Waals surface area (Å²) in [7, 11) is 0. The van der Waals surface area contributed by atoms with Crippen LogP contribution in [0.4, 0.5) is 17.6 Å². The Morgan fingerprint density at radius 1 is 1.14 bits per heavy atom. The molecule has 148 valence electrons. The highest BCUT2D eigenvalue weighted by atomic mass is 16.3. The second-order valence-corrected chi connectivity index (χ2v) is 7.42. The molecule has 4 heterocycles. The van der Waals surface area contributed by atoms with Gasteiger partial charge in [0.05, 0.1) is 23.9 Å². The molecule has 2 atom stereocenters. The Hall–Kier alpha value is -2.78. The van der Waals surface area contributed by atoms with Crippen molar-refractivity contribution in [3.05, 3.63) is 30.4 Å². The minimum atomic E-state index is -0.794. The predicted molar refractivity (Wildman–Crippen MR) is 107 cm³/mol. The van der Waals surface area contributed by atoms with Crippen LogP contribution < -0.4 is 10.2 Å². The zero-order valence-electron chi connectivity index (χ0n) is 16.2. The van der Waals surface area contributed by atoms with Crippen molar-refractivity contribution in [1.82, 2.24) is 24.5 Å². The third-order valence-corrected chi connectivity index (χ3v) is 5.00. The van der Waals surface area contributed by atoms with E-state index in [0.29, 0.717) is 43.1 Å². The molecule has 0 radical (unpaired) electrons. The maximum Gasteiger partial charge on any atom is 0.227 e. The quantitative estimate of drug-likeness (QED) is 0.625. The van der Waals surface area contributed by atoms with Crippen LogP contribution in [0.5, 0.6) is 0 Å². The molecule has 0 bridgehead atoms. The number of hydrogen-bond acceptors (Lipinski definition) is 8. The molecule has 2 unspecified atom stereocenters. The van der Waals surface area contributed by atoms with Crippen LogP contribution in [-0.4, -0.2) is 60.0 Å². The summed E-state index contributed by atoms with van der Waals surface area (Å²) in [4.78, 5) is 19.7. The maximum absolute atomic E-state index is 9.91. The van der Waals surface area contributed by atoms with Crippen molar-refractivity contribution in [2.45, 2.75) is 45.4 Å². The van der Waals surface area contributed by atoms with E-state index in [2.05, 4.69) is 43.7 Å². The summed E-state index contributed by atoms with van der Waals surface area (Å²) in [5.74, 6) is 2.76. The summed E-state index contributed by atoms with van der Waals surface area (Å²) in [5.41, 5.74) is 1.88. The number of β-amino-alcohol motifs (C(OH)–C–C–N with tert-alkyl or cyclic N) is 1. The second-order valence-electron chi connectivity index (χ2n) is 7.42. The summed E-state index contributed by atoms with van der Waals surface area (Å²) in [6.07, 6.45) is 2.43. The number of nitrogens with zero attached hydrogens (tertiary/aromatic N) is 6. The van der Waals surface area contributed by atoms with E-state index in [0.717, 1.165) is 16.9 Å². The summed E-state index contributed by atoms with van der Waals surface area (Å²) >= 11 is 0. The highest BCUT2D eigenvalue weighted by Gasteiger charge is 2.27. The minimum absolute atomic E-state index is 0.298. The Morgan fingerprint density at radius 2 is 1.96 bits per heavy atom. The van der Waals surface area contributed by atoms with Crippen LogP contribution in [-0.2, 0) is 0 Å². The van der Waals surface area contributed by atoms with Gasteiger partial charge in [-0.05, 0) is 33.3 Å². The Balaban J connectivity index is 1.58. The number of nitrogens with one attached hydrogen (secondary N) is 1. The van der Waals surface area contributed by atoms with Crippen molar-refractivity contribution in [3.63, 3.8) is 0 Å². The number of imidazole rings is 1. The van der Waals surface area contributed by atoms with E-state index in [1.807, 2.05) is 17.9 Å². The fourth-order valence-electron chi connectivity index (χ4n) is 3.64. The largest absolute Gasteiger partial charge is 0.390 e. The Bertz CT molecular complexity index is 988. The Morgan fingerprint density at radius 3 is 2.71 bits per heavy atom. The second kappa shape index (κ2) is 7.33. The first-order valence-corrected chi connectivity index (χ1v) is 9.48.